The van der Waals surface area contributed by atoms with Gasteiger partial charge in [-0.05, 0) is 74.2 Å². The summed E-state index contributed by atoms with van der Waals surface area (Å²) in [5.74, 6) is 0.705. The van der Waals surface area contributed by atoms with Crippen molar-refractivity contribution in [3.63, 3.8) is 0 Å². The van der Waals surface area contributed by atoms with Gasteiger partial charge >= 0.3 is 0 Å². The average Bonchev–Trinajstić information content (AvgIpc) is 3.01. The van der Waals surface area contributed by atoms with Crippen molar-refractivity contribution in [1.82, 2.24) is 10.2 Å². The number of nitrogens with one attached hydrogen (secondary N) is 1. The van der Waals surface area contributed by atoms with Crippen molar-refractivity contribution in [2.75, 3.05) is 13.1 Å². The number of halogens is 1. The van der Waals surface area contributed by atoms with E-state index in [0.717, 1.165) is 4.88 Å². The molecule has 2 bridgehead atoms. The summed E-state index contributed by atoms with van der Waals surface area (Å²) in [4.78, 5) is 16.4. The second-order valence-electron chi connectivity index (χ2n) is 9.54. The van der Waals surface area contributed by atoms with Gasteiger partial charge in [0.25, 0.3) is 5.91 Å². The zero-order chi connectivity index (χ0) is 18.7. The standard InChI is InChI=1S/C22H30N2OS.ClH/c1-21(2,3)16-7-6-15-12-18(26-17(15)13-16)20(25)23-19-14-8-10-24(11-9-14)22(19,4)5;/h6-7,12-14,19H,8-11H2,1-5H3,(H,23,25);1H. The molecule has 1 aromatic carbocycles. The number of benzene rings is 1. The van der Waals surface area contributed by atoms with Gasteiger partial charge in [0.2, 0.25) is 0 Å². The summed E-state index contributed by atoms with van der Waals surface area (Å²) in [5.41, 5.74) is 1.49. The molecule has 0 spiro atoms. The van der Waals surface area contributed by atoms with Crippen molar-refractivity contribution in [3.05, 3.63) is 34.7 Å². The maximum atomic E-state index is 13.0. The number of hydrogen-bond donors (Lipinski definition) is 1. The molecule has 1 N–H and O–H groups in total. The zero-order valence-electron chi connectivity index (χ0n) is 17.0. The predicted molar refractivity (Wildman–Crippen MR) is 117 cm³/mol. The highest BCUT2D eigenvalue weighted by atomic mass is 35.5. The number of fused-ring (bicyclic) bond motifs is 4. The van der Waals surface area contributed by atoms with Gasteiger partial charge in [0.1, 0.15) is 0 Å². The molecule has 0 saturated carbocycles. The normalized spacial score (nSPS) is 26.6. The van der Waals surface area contributed by atoms with Crippen LogP contribution in [-0.4, -0.2) is 35.5 Å². The van der Waals surface area contributed by atoms with Crippen molar-refractivity contribution >= 4 is 39.7 Å². The summed E-state index contributed by atoms with van der Waals surface area (Å²) < 4.78 is 1.20. The van der Waals surface area contributed by atoms with Gasteiger partial charge in [-0.15, -0.1) is 23.7 Å². The summed E-state index contributed by atoms with van der Waals surface area (Å²) in [6.45, 7) is 13.6. The summed E-state index contributed by atoms with van der Waals surface area (Å²) in [6, 6.07) is 8.88. The van der Waals surface area contributed by atoms with Crippen molar-refractivity contribution in [1.29, 1.82) is 0 Å². The first kappa shape index (κ1) is 20.6. The molecule has 0 radical (unpaired) electrons. The lowest BCUT2D eigenvalue weighted by molar-refractivity contribution is -0.0377. The largest absolute Gasteiger partial charge is 0.346 e. The average molecular weight is 407 g/mol. The van der Waals surface area contributed by atoms with Crippen molar-refractivity contribution in [3.8, 4) is 0 Å². The first-order valence-electron chi connectivity index (χ1n) is 9.76. The lowest BCUT2D eigenvalue weighted by Gasteiger charge is -2.56. The van der Waals surface area contributed by atoms with Gasteiger partial charge in [-0.1, -0.05) is 32.9 Å². The fourth-order valence-corrected chi connectivity index (χ4v) is 5.70. The van der Waals surface area contributed by atoms with E-state index in [1.165, 1.54) is 41.6 Å². The molecule has 4 heterocycles. The molecule has 3 aliphatic heterocycles. The lowest BCUT2D eigenvalue weighted by Crippen LogP contribution is -2.69. The Balaban J connectivity index is 0.00000210. The van der Waals surface area contributed by atoms with Gasteiger partial charge in [0.05, 0.1) is 4.88 Å². The van der Waals surface area contributed by atoms with E-state index < -0.39 is 0 Å². The molecule has 3 fully saturated rings. The van der Waals surface area contributed by atoms with Crippen molar-refractivity contribution < 1.29 is 4.79 Å². The molecule has 3 saturated heterocycles. The lowest BCUT2D eigenvalue weighted by atomic mass is 9.72. The molecule has 3 nitrogen and oxygen atoms in total. The number of carbonyl (C=O) groups is 1. The Hall–Kier alpha value is -1.10. The SMILES string of the molecule is CC(C)(C)c1ccc2cc(C(=O)NC3C4CCN(CC4)C3(C)C)sc2c1.Cl. The van der Waals surface area contributed by atoms with E-state index in [4.69, 9.17) is 0 Å². The number of rotatable bonds is 2. The van der Waals surface area contributed by atoms with E-state index in [1.807, 2.05) is 0 Å². The maximum Gasteiger partial charge on any atom is 0.261 e. The van der Waals surface area contributed by atoms with E-state index in [1.54, 1.807) is 11.3 Å². The topological polar surface area (TPSA) is 32.3 Å². The van der Waals surface area contributed by atoms with Crippen LogP contribution in [0.3, 0.4) is 0 Å². The van der Waals surface area contributed by atoms with Crippen LogP contribution in [0.2, 0.25) is 0 Å². The molecule has 5 heteroatoms. The van der Waals surface area contributed by atoms with Crippen LogP contribution in [-0.2, 0) is 5.41 Å². The highest BCUT2D eigenvalue weighted by molar-refractivity contribution is 7.20. The van der Waals surface area contributed by atoms with E-state index in [-0.39, 0.29) is 35.3 Å². The quantitative estimate of drug-likeness (QED) is 0.741. The molecular weight excluding hydrogens is 376 g/mol. The van der Waals surface area contributed by atoms with E-state index in [0.29, 0.717) is 5.92 Å². The number of amides is 1. The van der Waals surface area contributed by atoms with Crippen LogP contribution < -0.4 is 5.32 Å². The Morgan fingerprint density at radius 1 is 1.19 bits per heavy atom. The third-order valence-corrected chi connectivity index (χ3v) is 7.58. The van der Waals surface area contributed by atoms with Crippen LogP contribution in [0.4, 0.5) is 0 Å². The Morgan fingerprint density at radius 2 is 1.85 bits per heavy atom. The van der Waals surface area contributed by atoms with Crippen LogP contribution in [0, 0.1) is 5.92 Å². The third-order valence-electron chi connectivity index (χ3n) is 6.48. The molecule has 3 aliphatic rings. The van der Waals surface area contributed by atoms with Crippen LogP contribution in [0.1, 0.15) is 62.7 Å². The summed E-state index contributed by atoms with van der Waals surface area (Å²) in [5, 5.41) is 4.56. The molecule has 1 aromatic heterocycles. The van der Waals surface area contributed by atoms with Gasteiger partial charge in [-0.2, -0.15) is 0 Å². The zero-order valence-corrected chi connectivity index (χ0v) is 18.6. The maximum absolute atomic E-state index is 13.0. The Labute approximate surface area is 172 Å². The van der Waals surface area contributed by atoms with Crippen LogP contribution in [0.5, 0.6) is 0 Å². The number of thiophene rings is 1. The summed E-state index contributed by atoms with van der Waals surface area (Å²) in [7, 11) is 0. The highest BCUT2D eigenvalue weighted by Gasteiger charge is 2.48. The fourth-order valence-electron chi connectivity index (χ4n) is 4.70. The third kappa shape index (κ3) is 3.64. The van der Waals surface area contributed by atoms with E-state index in [9.17, 15) is 4.79 Å². The van der Waals surface area contributed by atoms with E-state index >= 15 is 0 Å². The Bertz CT molecular complexity index is 844. The molecule has 27 heavy (non-hydrogen) atoms. The highest BCUT2D eigenvalue weighted by Crippen LogP contribution is 2.39. The van der Waals surface area contributed by atoms with Gasteiger partial charge in [0, 0.05) is 16.3 Å². The van der Waals surface area contributed by atoms with Crippen molar-refractivity contribution in [2.24, 2.45) is 5.92 Å². The molecule has 1 unspecified atom stereocenters. The van der Waals surface area contributed by atoms with Crippen LogP contribution in [0.25, 0.3) is 10.1 Å². The van der Waals surface area contributed by atoms with Crippen LogP contribution in [0.15, 0.2) is 24.3 Å². The predicted octanol–water partition coefficient (Wildman–Crippen LogP) is 5.22. The number of nitrogens with zero attached hydrogens (tertiary/aromatic N) is 1. The van der Waals surface area contributed by atoms with Crippen molar-refractivity contribution in [2.45, 2.75) is 64.5 Å². The summed E-state index contributed by atoms with van der Waals surface area (Å²) in [6.07, 6.45) is 2.41. The molecule has 148 valence electrons. The molecule has 5 rings (SSSR count). The van der Waals surface area contributed by atoms with Gasteiger partial charge in [-0.3, -0.25) is 9.69 Å². The molecule has 1 atom stereocenters. The van der Waals surface area contributed by atoms with Gasteiger partial charge in [0.15, 0.2) is 0 Å². The molecular formula is C22H31ClN2OS. The Morgan fingerprint density at radius 3 is 2.44 bits per heavy atom. The second kappa shape index (κ2) is 7.06. The number of hydrogen-bond acceptors (Lipinski definition) is 3. The minimum atomic E-state index is 0. The number of carbonyl (C=O) groups excluding carboxylic acids is 1. The first-order valence-corrected chi connectivity index (χ1v) is 10.6. The van der Waals surface area contributed by atoms with Gasteiger partial charge in [-0.25, -0.2) is 0 Å². The first-order chi connectivity index (χ1) is 12.2. The Kier molecular flexibility index (Phi) is 5.39. The fraction of sp³-hybridized carbons (Fsp3) is 0.591. The monoisotopic (exact) mass is 406 g/mol. The molecule has 2 aromatic rings. The molecule has 0 aliphatic carbocycles. The minimum Gasteiger partial charge on any atom is -0.346 e. The number of piperidine rings is 3. The summed E-state index contributed by atoms with van der Waals surface area (Å²) >= 11 is 1.62. The molecule has 1 amide bonds. The minimum absolute atomic E-state index is 0. The van der Waals surface area contributed by atoms with Crippen LogP contribution >= 0.6 is 23.7 Å². The van der Waals surface area contributed by atoms with E-state index in [2.05, 4.69) is 69.1 Å². The smallest absolute Gasteiger partial charge is 0.261 e. The second-order valence-corrected chi connectivity index (χ2v) is 10.6. The van der Waals surface area contributed by atoms with Gasteiger partial charge < -0.3 is 5.32 Å².